The molecule has 0 aromatic heterocycles. The Balaban J connectivity index is 3.39. The van der Waals surface area contributed by atoms with E-state index in [0.717, 1.165) is 5.57 Å². The average Bonchev–Trinajstić information content (AvgIpc) is 1.83. The van der Waals surface area contributed by atoms with Crippen molar-refractivity contribution in [1.82, 2.24) is 0 Å². The average molecular weight is 130 g/mol. The van der Waals surface area contributed by atoms with Gasteiger partial charge in [0.05, 0.1) is 0 Å². The molecule has 3 heteroatoms. The van der Waals surface area contributed by atoms with Gasteiger partial charge in [0.1, 0.15) is 6.61 Å². The Hall–Kier alpha value is -0.990. The molecule has 0 aliphatic heterocycles. The van der Waals surface area contributed by atoms with Crippen LogP contribution in [0.1, 0.15) is 13.8 Å². The lowest BCUT2D eigenvalue weighted by atomic mass is 10.3. The van der Waals surface area contributed by atoms with Gasteiger partial charge in [-0.05, 0) is 19.4 Å². The maximum absolute atomic E-state index is 9.77. The Labute approximate surface area is 53.9 Å². The van der Waals surface area contributed by atoms with E-state index in [1.54, 1.807) is 0 Å². The highest BCUT2D eigenvalue weighted by atomic mass is 16.7. The van der Waals surface area contributed by atoms with Crippen LogP contribution in [0.2, 0.25) is 0 Å². The van der Waals surface area contributed by atoms with Crippen LogP contribution in [0.3, 0.4) is 0 Å². The summed E-state index contributed by atoms with van der Waals surface area (Å²) in [5.74, 6) is 0. The van der Waals surface area contributed by atoms with Gasteiger partial charge in [-0.25, -0.2) is 4.79 Å². The molecule has 0 aromatic rings. The van der Waals surface area contributed by atoms with Crippen LogP contribution >= 0.6 is 0 Å². The molecule has 3 nitrogen and oxygen atoms in total. The lowest BCUT2D eigenvalue weighted by Crippen LogP contribution is -2.01. The second kappa shape index (κ2) is 3.95. The summed E-state index contributed by atoms with van der Waals surface area (Å²) in [7, 11) is 0. The van der Waals surface area contributed by atoms with E-state index in [-0.39, 0.29) is 6.61 Å². The van der Waals surface area contributed by atoms with Crippen LogP contribution in [-0.4, -0.2) is 17.9 Å². The highest BCUT2D eigenvalue weighted by molar-refractivity contribution is 5.57. The molecule has 1 N–H and O–H groups in total. The zero-order valence-electron chi connectivity index (χ0n) is 5.55. The standard InChI is InChI=1S/C6H10O3/c1-3-5(2)4-9-6(7)8/h3H,4H2,1-2H3,(H,7,8)/b5-3-. The van der Waals surface area contributed by atoms with Crippen LogP contribution in [0.15, 0.2) is 11.6 Å². The molecule has 0 saturated carbocycles. The first-order chi connectivity index (χ1) is 4.16. The molecule has 0 spiro atoms. The zero-order valence-corrected chi connectivity index (χ0v) is 5.55. The Morgan fingerprint density at radius 2 is 2.33 bits per heavy atom. The number of hydrogen-bond acceptors (Lipinski definition) is 2. The predicted molar refractivity (Wildman–Crippen MR) is 33.4 cm³/mol. The molecule has 0 aliphatic rings. The van der Waals surface area contributed by atoms with Crippen LogP contribution in [0.5, 0.6) is 0 Å². The minimum Gasteiger partial charge on any atom is -0.450 e. The van der Waals surface area contributed by atoms with E-state index in [1.165, 1.54) is 0 Å². The van der Waals surface area contributed by atoms with Gasteiger partial charge in [0.2, 0.25) is 0 Å². The Morgan fingerprint density at radius 3 is 2.67 bits per heavy atom. The molecular formula is C6H10O3. The molecule has 0 aliphatic carbocycles. The van der Waals surface area contributed by atoms with E-state index in [0.29, 0.717) is 0 Å². The van der Waals surface area contributed by atoms with E-state index in [1.807, 2.05) is 19.9 Å². The molecule has 0 aromatic carbocycles. The summed E-state index contributed by atoms with van der Waals surface area (Å²) >= 11 is 0. The van der Waals surface area contributed by atoms with Crippen molar-refractivity contribution < 1.29 is 14.6 Å². The number of hydrogen-bond donors (Lipinski definition) is 1. The highest BCUT2D eigenvalue weighted by Crippen LogP contribution is 1.91. The molecular weight excluding hydrogens is 120 g/mol. The number of carboxylic acid groups (broad SMARTS) is 1. The van der Waals surface area contributed by atoms with Crippen LogP contribution < -0.4 is 0 Å². The van der Waals surface area contributed by atoms with Gasteiger partial charge in [-0.1, -0.05) is 6.08 Å². The van der Waals surface area contributed by atoms with Crippen molar-refractivity contribution in [2.45, 2.75) is 13.8 Å². The molecule has 0 bridgehead atoms. The van der Waals surface area contributed by atoms with Crippen molar-refractivity contribution in [3.63, 3.8) is 0 Å². The summed E-state index contributed by atoms with van der Waals surface area (Å²) < 4.78 is 4.24. The summed E-state index contributed by atoms with van der Waals surface area (Å²) in [6.45, 7) is 3.81. The lowest BCUT2D eigenvalue weighted by Gasteiger charge is -1.97. The quantitative estimate of drug-likeness (QED) is 0.456. The number of carbonyl (C=O) groups is 1. The van der Waals surface area contributed by atoms with Crippen LogP contribution in [0.4, 0.5) is 4.79 Å². The molecule has 0 saturated heterocycles. The van der Waals surface area contributed by atoms with Gasteiger partial charge in [-0.3, -0.25) is 0 Å². The fraction of sp³-hybridized carbons (Fsp3) is 0.500. The molecule has 0 radical (unpaired) electrons. The van der Waals surface area contributed by atoms with Gasteiger partial charge in [0.15, 0.2) is 0 Å². The van der Waals surface area contributed by atoms with Crippen molar-refractivity contribution in [2.75, 3.05) is 6.61 Å². The van der Waals surface area contributed by atoms with Crippen LogP contribution in [0.25, 0.3) is 0 Å². The fourth-order valence-corrected chi connectivity index (χ4v) is 0.259. The summed E-state index contributed by atoms with van der Waals surface area (Å²) in [6.07, 6.45) is 0.583. The third-order valence-electron chi connectivity index (χ3n) is 0.916. The maximum atomic E-state index is 9.77. The molecule has 0 heterocycles. The van der Waals surface area contributed by atoms with Crippen molar-refractivity contribution in [3.05, 3.63) is 11.6 Å². The highest BCUT2D eigenvalue weighted by Gasteiger charge is 1.94. The van der Waals surface area contributed by atoms with E-state index < -0.39 is 6.16 Å². The second-order valence-electron chi connectivity index (χ2n) is 1.69. The van der Waals surface area contributed by atoms with Gasteiger partial charge < -0.3 is 9.84 Å². The van der Waals surface area contributed by atoms with Gasteiger partial charge in [-0.15, -0.1) is 0 Å². The van der Waals surface area contributed by atoms with E-state index >= 15 is 0 Å². The van der Waals surface area contributed by atoms with E-state index in [4.69, 9.17) is 5.11 Å². The first-order valence-electron chi connectivity index (χ1n) is 2.64. The molecule has 0 atom stereocenters. The number of ether oxygens (including phenoxy) is 1. The number of rotatable bonds is 2. The minimum atomic E-state index is -1.23. The lowest BCUT2D eigenvalue weighted by molar-refractivity contribution is 0.0996. The topological polar surface area (TPSA) is 46.5 Å². The summed E-state index contributed by atoms with van der Waals surface area (Å²) in [6, 6.07) is 0. The molecule has 0 unspecified atom stereocenters. The van der Waals surface area contributed by atoms with Gasteiger partial charge in [0, 0.05) is 0 Å². The SMILES string of the molecule is C/C=C(/C)COC(=O)O. The first kappa shape index (κ1) is 8.01. The molecule has 0 amide bonds. The Kier molecular flexibility index (Phi) is 3.51. The molecule has 9 heavy (non-hydrogen) atoms. The summed E-state index contributed by atoms with van der Waals surface area (Å²) in [4.78, 5) is 9.77. The van der Waals surface area contributed by atoms with Gasteiger partial charge >= 0.3 is 6.16 Å². The number of allylic oxidation sites excluding steroid dienone is 1. The normalized spacial score (nSPS) is 11.1. The molecule has 0 fully saturated rings. The third-order valence-corrected chi connectivity index (χ3v) is 0.916. The fourth-order valence-electron chi connectivity index (χ4n) is 0.259. The van der Waals surface area contributed by atoms with Crippen molar-refractivity contribution in [3.8, 4) is 0 Å². The minimum absolute atomic E-state index is 0.172. The maximum Gasteiger partial charge on any atom is 0.506 e. The molecule has 0 rings (SSSR count). The van der Waals surface area contributed by atoms with Crippen LogP contribution in [-0.2, 0) is 4.74 Å². The predicted octanol–water partition coefficient (Wildman–Crippen LogP) is 1.65. The Morgan fingerprint density at radius 1 is 1.78 bits per heavy atom. The summed E-state index contributed by atoms with van der Waals surface area (Å²) in [5, 5.41) is 8.01. The summed E-state index contributed by atoms with van der Waals surface area (Å²) in [5.41, 5.74) is 0.914. The third kappa shape index (κ3) is 4.87. The van der Waals surface area contributed by atoms with Crippen molar-refractivity contribution >= 4 is 6.16 Å². The van der Waals surface area contributed by atoms with Crippen molar-refractivity contribution in [2.24, 2.45) is 0 Å². The van der Waals surface area contributed by atoms with Crippen LogP contribution in [0, 0.1) is 0 Å². The van der Waals surface area contributed by atoms with Gasteiger partial charge in [0.25, 0.3) is 0 Å². The largest absolute Gasteiger partial charge is 0.506 e. The zero-order chi connectivity index (χ0) is 7.28. The molecule has 52 valence electrons. The Bertz CT molecular complexity index is 126. The first-order valence-corrected chi connectivity index (χ1v) is 2.64. The van der Waals surface area contributed by atoms with Gasteiger partial charge in [-0.2, -0.15) is 0 Å². The van der Waals surface area contributed by atoms with E-state index in [9.17, 15) is 4.79 Å². The van der Waals surface area contributed by atoms with E-state index in [2.05, 4.69) is 4.74 Å². The second-order valence-corrected chi connectivity index (χ2v) is 1.69. The smallest absolute Gasteiger partial charge is 0.450 e. The monoisotopic (exact) mass is 130 g/mol. The van der Waals surface area contributed by atoms with Crippen molar-refractivity contribution in [1.29, 1.82) is 0 Å².